The zero-order valence-electron chi connectivity index (χ0n) is 18.6. The number of amides is 1. The Bertz CT molecular complexity index is 1570. The second-order valence-electron chi connectivity index (χ2n) is 8.33. The number of aromatic amines is 1. The average Bonchev–Trinajstić information content (AvgIpc) is 3.54. The second-order valence-corrected chi connectivity index (χ2v) is 11.5. The van der Waals surface area contributed by atoms with E-state index in [1.165, 1.54) is 6.26 Å². The van der Waals surface area contributed by atoms with Crippen LogP contribution in [0.4, 0.5) is 0 Å². The highest BCUT2D eigenvalue weighted by Crippen LogP contribution is 2.32. The third kappa shape index (κ3) is 4.62. The van der Waals surface area contributed by atoms with Crippen molar-refractivity contribution >= 4 is 49.0 Å². The van der Waals surface area contributed by atoms with Crippen molar-refractivity contribution in [2.45, 2.75) is 18.2 Å². The van der Waals surface area contributed by atoms with Crippen LogP contribution >= 0.6 is 11.3 Å². The highest BCUT2D eigenvalue weighted by atomic mass is 32.2. The summed E-state index contributed by atoms with van der Waals surface area (Å²) >= 11 is 1.66. The number of thiophene rings is 1. The molecule has 0 saturated carbocycles. The molecule has 0 saturated heterocycles. The first kappa shape index (κ1) is 22.4. The van der Waals surface area contributed by atoms with Gasteiger partial charge in [0.25, 0.3) is 0 Å². The van der Waals surface area contributed by atoms with Gasteiger partial charge in [-0.05, 0) is 35.2 Å². The second kappa shape index (κ2) is 9.08. The fourth-order valence-corrected chi connectivity index (χ4v) is 5.83. The van der Waals surface area contributed by atoms with Gasteiger partial charge in [0, 0.05) is 40.7 Å². The lowest BCUT2D eigenvalue weighted by Gasteiger charge is -2.17. The normalized spacial score (nSPS) is 12.9. The van der Waals surface area contributed by atoms with E-state index in [0.717, 1.165) is 26.9 Å². The van der Waals surface area contributed by atoms with E-state index in [9.17, 15) is 13.2 Å². The van der Waals surface area contributed by atoms with E-state index in [1.54, 1.807) is 15.9 Å². The summed E-state index contributed by atoms with van der Waals surface area (Å²) in [6.45, 7) is 0.422. The van der Waals surface area contributed by atoms with Gasteiger partial charge in [0.05, 0.1) is 11.0 Å². The summed E-state index contributed by atoms with van der Waals surface area (Å²) in [4.78, 5) is 22.0. The van der Waals surface area contributed by atoms with Gasteiger partial charge in [-0.25, -0.2) is 13.4 Å². The topological polar surface area (TPSA) is 96.8 Å². The van der Waals surface area contributed by atoms with Gasteiger partial charge in [0.2, 0.25) is 5.91 Å². The van der Waals surface area contributed by atoms with E-state index in [4.69, 9.17) is 0 Å². The number of para-hydroxylation sites is 3. The van der Waals surface area contributed by atoms with Crippen LogP contribution in [0.15, 0.2) is 72.2 Å². The van der Waals surface area contributed by atoms with Gasteiger partial charge in [0.1, 0.15) is 18.1 Å². The van der Waals surface area contributed by atoms with Gasteiger partial charge >= 0.3 is 0 Å². The van der Waals surface area contributed by atoms with Gasteiger partial charge in [-0.1, -0.05) is 36.4 Å². The summed E-state index contributed by atoms with van der Waals surface area (Å²) in [6.07, 6.45) is 3.18. The van der Waals surface area contributed by atoms with Crippen molar-refractivity contribution in [3.63, 3.8) is 0 Å². The Morgan fingerprint density at radius 3 is 2.71 bits per heavy atom. The predicted octanol–water partition coefficient (Wildman–Crippen LogP) is 4.07. The Labute approximate surface area is 201 Å². The fourth-order valence-electron chi connectivity index (χ4n) is 4.30. The van der Waals surface area contributed by atoms with Crippen LogP contribution in [-0.4, -0.2) is 41.7 Å². The maximum absolute atomic E-state index is 13.1. The lowest BCUT2D eigenvalue weighted by molar-refractivity contribution is -0.121. The molecule has 3 aromatic heterocycles. The summed E-state index contributed by atoms with van der Waals surface area (Å²) in [5, 5.41) is 6.24. The minimum absolute atomic E-state index is 0.00356. The van der Waals surface area contributed by atoms with Gasteiger partial charge < -0.3 is 14.9 Å². The van der Waals surface area contributed by atoms with E-state index in [-0.39, 0.29) is 24.1 Å². The molecule has 1 atom stereocenters. The monoisotopic (exact) mass is 492 g/mol. The number of nitrogens with one attached hydrogen (secondary N) is 2. The van der Waals surface area contributed by atoms with Gasteiger partial charge in [-0.2, -0.15) is 0 Å². The van der Waals surface area contributed by atoms with Crippen molar-refractivity contribution in [2.24, 2.45) is 0 Å². The molecule has 2 N–H and O–H groups in total. The summed E-state index contributed by atoms with van der Waals surface area (Å²) in [5.74, 6) is -0.0537. The molecule has 0 aliphatic heterocycles. The van der Waals surface area contributed by atoms with Gasteiger partial charge in [-0.15, -0.1) is 11.3 Å². The number of carbonyl (C=O) groups is 1. The third-order valence-corrected chi connectivity index (χ3v) is 7.58. The number of benzene rings is 2. The first-order valence-corrected chi connectivity index (χ1v) is 13.8. The van der Waals surface area contributed by atoms with Crippen molar-refractivity contribution < 1.29 is 13.2 Å². The van der Waals surface area contributed by atoms with Gasteiger partial charge in [-0.3, -0.25) is 4.79 Å². The van der Waals surface area contributed by atoms with E-state index in [1.807, 2.05) is 60.1 Å². The van der Waals surface area contributed by atoms with Crippen molar-refractivity contribution in [3.8, 4) is 0 Å². The van der Waals surface area contributed by atoms with Crippen LogP contribution in [0.1, 0.15) is 22.2 Å². The zero-order chi connectivity index (χ0) is 23.7. The Kier molecular flexibility index (Phi) is 5.97. The van der Waals surface area contributed by atoms with Crippen LogP contribution in [-0.2, 0) is 26.9 Å². The number of fused-ring (bicyclic) bond motifs is 2. The number of nitrogens with zero attached hydrogens (tertiary/aromatic N) is 2. The smallest absolute Gasteiger partial charge is 0.240 e. The Morgan fingerprint density at radius 1 is 1.12 bits per heavy atom. The molecule has 174 valence electrons. The van der Waals surface area contributed by atoms with Crippen molar-refractivity contribution in [1.82, 2.24) is 19.9 Å². The SMILES string of the molecule is CS(=O)(=O)Cc1nc2ccccc2n1CC(=O)NCC(c1cccs1)c1c[nH]c2ccccc12. The number of aromatic nitrogens is 3. The Balaban J connectivity index is 1.40. The maximum Gasteiger partial charge on any atom is 0.240 e. The van der Waals surface area contributed by atoms with E-state index >= 15 is 0 Å². The molecule has 0 aliphatic rings. The number of H-pyrrole nitrogens is 1. The highest BCUT2D eigenvalue weighted by molar-refractivity contribution is 7.89. The first-order valence-electron chi connectivity index (χ1n) is 10.9. The summed E-state index contributed by atoms with van der Waals surface area (Å²) < 4.78 is 25.6. The molecule has 0 bridgehead atoms. The van der Waals surface area contributed by atoms with Crippen LogP contribution in [0.3, 0.4) is 0 Å². The zero-order valence-corrected chi connectivity index (χ0v) is 20.2. The number of rotatable bonds is 8. The molecule has 7 nitrogen and oxygen atoms in total. The molecule has 34 heavy (non-hydrogen) atoms. The van der Waals surface area contributed by atoms with E-state index in [2.05, 4.69) is 27.4 Å². The number of carbonyl (C=O) groups excluding carboxylic acids is 1. The fraction of sp³-hybridized carbons (Fsp3) is 0.200. The number of imidazole rings is 1. The molecule has 1 amide bonds. The molecule has 3 heterocycles. The van der Waals surface area contributed by atoms with Crippen LogP contribution in [0, 0.1) is 0 Å². The molecule has 1 unspecified atom stereocenters. The molecular weight excluding hydrogens is 468 g/mol. The predicted molar refractivity (Wildman–Crippen MR) is 136 cm³/mol. The highest BCUT2D eigenvalue weighted by Gasteiger charge is 2.21. The molecule has 2 aromatic carbocycles. The minimum Gasteiger partial charge on any atom is -0.361 e. The van der Waals surface area contributed by atoms with Crippen LogP contribution in [0.5, 0.6) is 0 Å². The van der Waals surface area contributed by atoms with E-state index < -0.39 is 9.84 Å². The Morgan fingerprint density at radius 2 is 1.91 bits per heavy atom. The summed E-state index contributed by atoms with van der Waals surface area (Å²) in [5.41, 5.74) is 3.59. The van der Waals surface area contributed by atoms with Crippen molar-refractivity contribution in [3.05, 3.63) is 88.5 Å². The molecule has 5 aromatic rings. The lowest BCUT2D eigenvalue weighted by atomic mass is 9.96. The average molecular weight is 493 g/mol. The molecular formula is C25H24N4O3S2. The standard InChI is InChI=1S/C25H24N4O3S2/c1-34(31,32)16-24-28-21-9-4-5-10-22(21)29(24)15-25(30)27-14-19(23-11-6-12-33-23)18-13-26-20-8-3-2-7-17(18)20/h2-13,19,26H,14-16H2,1H3,(H,27,30). The number of sulfone groups is 1. The largest absolute Gasteiger partial charge is 0.361 e. The third-order valence-electron chi connectivity index (χ3n) is 5.81. The lowest BCUT2D eigenvalue weighted by Crippen LogP contribution is -2.32. The van der Waals surface area contributed by atoms with Crippen molar-refractivity contribution in [1.29, 1.82) is 0 Å². The molecule has 0 spiro atoms. The quantitative estimate of drug-likeness (QED) is 0.341. The first-order chi connectivity index (χ1) is 16.4. The van der Waals surface area contributed by atoms with Gasteiger partial charge in [0.15, 0.2) is 9.84 Å². The minimum atomic E-state index is -3.31. The van der Waals surface area contributed by atoms with Crippen LogP contribution < -0.4 is 5.32 Å². The van der Waals surface area contributed by atoms with Crippen LogP contribution in [0.25, 0.3) is 21.9 Å². The maximum atomic E-state index is 13.1. The summed E-state index contributed by atoms with van der Waals surface area (Å²) in [7, 11) is -3.31. The molecule has 0 fully saturated rings. The van der Waals surface area contributed by atoms with Crippen molar-refractivity contribution in [2.75, 3.05) is 12.8 Å². The summed E-state index contributed by atoms with van der Waals surface area (Å²) in [6, 6.07) is 19.6. The molecule has 5 rings (SSSR count). The molecule has 0 radical (unpaired) electrons. The number of hydrogen-bond donors (Lipinski definition) is 2. The Hall–Kier alpha value is -3.43. The molecule has 0 aliphatic carbocycles. The van der Waals surface area contributed by atoms with E-state index in [0.29, 0.717) is 17.9 Å². The number of hydrogen-bond acceptors (Lipinski definition) is 5. The van der Waals surface area contributed by atoms with Crippen LogP contribution in [0.2, 0.25) is 0 Å². The molecule has 9 heteroatoms.